The van der Waals surface area contributed by atoms with Crippen molar-refractivity contribution in [1.82, 2.24) is 14.2 Å². The molecule has 2 saturated heterocycles. The van der Waals surface area contributed by atoms with E-state index in [1.165, 1.54) is 0 Å². The molecule has 1 aromatic heterocycles. The number of carbonyl (C=O) groups excluding carboxylic acids is 2. The molecule has 4 heterocycles. The second kappa shape index (κ2) is 8.27. The molecule has 0 radical (unpaired) electrons. The molecule has 3 aliphatic heterocycles. The summed E-state index contributed by atoms with van der Waals surface area (Å²) in [6.45, 7) is 4.68. The molecular formula is C26H30N4O5S. The second-order valence-electron chi connectivity index (χ2n) is 10.2. The Morgan fingerprint density at radius 3 is 2.44 bits per heavy atom. The van der Waals surface area contributed by atoms with Crippen molar-refractivity contribution in [3.8, 4) is 0 Å². The molecule has 190 valence electrons. The highest BCUT2D eigenvalue weighted by molar-refractivity contribution is 7.89. The zero-order chi connectivity index (χ0) is 25.1. The number of piperazine rings is 1. The highest BCUT2D eigenvalue weighted by Crippen LogP contribution is 2.52. The van der Waals surface area contributed by atoms with Crippen LogP contribution in [-0.2, 0) is 30.6 Å². The predicted octanol–water partition coefficient (Wildman–Crippen LogP) is 1.88. The highest BCUT2D eigenvalue weighted by Gasteiger charge is 2.57. The lowest BCUT2D eigenvalue weighted by molar-refractivity contribution is -0.134. The minimum Gasteiger partial charge on any atom is -0.449 e. The Labute approximate surface area is 211 Å². The topological polar surface area (TPSA) is 100 Å². The van der Waals surface area contributed by atoms with E-state index in [2.05, 4.69) is 9.88 Å². The van der Waals surface area contributed by atoms with Gasteiger partial charge in [-0.15, -0.1) is 0 Å². The molecule has 0 bridgehead atoms. The number of aromatic nitrogens is 1. The molecule has 1 saturated carbocycles. The van der Waals surface area contributed by atoms with E-state index in [0.717, 1.165) is 29.8 Å². The number of ether oxygens (including phenoxy) is 1. The summed E-state index contributed by atoms with van der Waals surface area (Å²) in [5.41, 5.74) is 1.09. The molecule has 1 amide bonds. The van der Waals surface area contributed by atoms with Crippen LogP contribution < -0.4 is 4.90 Å². The van der Waals surface area contributed by atoms with E-state index in [-0.39, 0.29) is 17.6 Å². The standard InChI is InChI=1S/C26H30N4O5S/c1-2-36(33,34)30-15-13-28(14-16-30)22-8-7-19(17-27-22)25(9-10-25)24(32)29-12-11-26(18-29)21-6-4-3-5-20(21)23(31)35-26/h3-8,17H,2,9-16,18H2,1H3/t26-/m0/s1. The number of anilines is 1. The molecule has 0 unspecified atom stereocenters. The molecule has 1 atom stereocenters. The number of hydrogen-bond acceptors (Lipinski definition) is 7. The van der Waals surface area contributed by atoms with Gasteiger partial charge in [-0.3, -0.25) is 4.79 Å². The van der Waals surface area contributed by atoms with E-state index in [0.29, 0.717) is 51.3 Å². The van der Waals surface area contributed by atoms with Gasteiger partial charge < -0.3 is 14.5 Å². The molecule has 3 fully saturated rings. The van der Waals surface area contributed by atoms with Crippen molar-refractivity contribution >= 4 is 27.7 Å². The summed E-state index contributed by atoms with van der Waals surface area (Å²) >= 11 is 0. The van der Waals surface area contributed by atoms with Crippen LogP contribution in [0.25, 0.3) is 0 Å². The van der Waals surface area contributed by atoms with Crippen LogP contribution in [-0.4, -0.2) is 79.5 Å². The zero-order valence-corrected chi connectivity index (χ0v) is 21.2. The zero-order valence-electron chi connectivity index (χ0n) is 20.4. The molecular weight excluding hydrogens is 480 g/mol. The van der Waals surface area contributed by atoms with Gasteiger partial charge in [0.15, 0.2) is 5.60 Å². The Kier molecular flexibility index (Phi) is 5.38. The SMILES string of the molecule is CCS(=O)(=O)N1CCN(c2ccc(C3(C(=O)N4CC[C@@]5(C4)OC(=O)c4ccccc45)CC3)cn2)CC1. The van der Waals surface area contributed by atoms with Crippen LogP contribution in [0.3, 0.4) is 0 Å². The van der Waals surface area contributed by atoms with Crippen LogP contribution in [0.4, 0.5) is 5.82 Å². The van der Waals surface area contributed by atoms with Crippen molar-refractivity contribution in [3.05, 3.63) is 59.3 Å². The Balaban J connectivity index is 1.14. The second-order valence-corrected chi connectivity index (χ2v) is 12.4. The van der Waals surface area contributed by atoms with Crippen molar-refractivity contribution < 1.29 is 22.7 Å². The van der Waals surface area contributed by atoms with Crippen LogP contribution in [0.5, 0.6) is 0 Å². The number of amides is 1. The average Bonchev–Trinajstić information content (AvgIpc) is 3.54. The number of pyridine rings is 1. The largest absolute Gasteiger partial charge is 0.449 e. The van der Waals surface area contributed by atoms with Gasteiger partial charge in [-0.1, -0.05) is 24.3 Å². The number of rotatable bonds is 5. The number of likely N-dealkylation sites (tertiary alicyclic amines) is 1. The molecule has 2 aromatic rings. The first-order valence-corrected chi connectivity index (χ1v) is 14.2. The Morgan fingerprint density at radius 2 is 1.78 bits per heavy atom. The van der Waals surface area contributed by atoms with Crippen molar-refractivity contribution in [1.29, 1.82) is 0 Å². The molecule has 4 aliphatic rings. The Bertz CT molecular complexity index is 1320. The molecule has 0 N–H and O–H groups in total. The number of carbonyl (C=O) groups is 2. The maximum Gasteiger partial charge on any atom is 0.339 e. The third kappa shape index (κ3) is 3.61. The highest BCUT2D eigenvalue weighted by atomic mass is 32.2. The van der Waals surface area contributed by atoms with Gasteiger partial charge in [0, 0.05) is 50.9 Å². The van der Waals surface area contributed by atoms with E-state index >= 15 is 0 Å². The third-order valence-corrected chi connectivity index (χ3v) is 10.1. The first-order valence-electron chi connectivity index (χ1n) is 12.6. The number of nitrogens with zero attached hydrogens (tertiary/aromatic N) is 4. The summed E-state index contributed by atoms with van der Waals surface area (Å²) in [5.74, 6) is 0.676. The normalized spacial score (nSPS) is 25.2. The fourth-order valence-corrected chi connectivity index (χ4v) is 6.98. The summed E-state index contributed by atoms with van der Waals surface area (Å²) in [6, 6.07) is 11.4. The third-order valence-electron chi connectivity index (χ3n) is 8.23. The number of benzene rings is 1. The van der Waals surface area contributed by atoms with E-state index in [9.17, 15) is 18.0 Å². The van der Waals surface area contributed by atoms with Crippen LogP contribution >= 0.6 is 0 Å². The Morgan fingerprint density at radius 1 is 1.03 bits per heavy atom. The lowest BCUT2D eigenvalue weighted by Crippen LogP contribution is -2.49. The number of fused-ring (bicyclic) bond motifs is 2. The van der Waals surface area contributed by atoms with Crippen molar-refractivity contribution in [2.75, 3.05) is 49.9 Å². The van der Waals surface area contributed by atoms with E-state index < -0.39 is 21.0 Å². The van der Waals surface area contributed by atoms with Crippen LogP contribution in [0.1, 0.15) is 47.7 Å². The van der Waals surface area contributed by atoms with E-state index in [1.54, 1.807) is 23.5 Å². The first kappa shape index (κ1) is 23.4. The van der Waals surface area contributed by atoms with E-state index in [1.807, 2.05) is 35.2 Å². The minimum absolute atomic E-state index is 0.0766. The number of hydrogen-bond donors (Lipinski definition) is 0. The van der Waals surface area contributed by atoms with Crippen molar-refractivity contribution in [2.24, 2.45) is 0 Å². The maximum atomic E-state index is 13.7. The van der Waals surface area contributed by atoms with Gasteiger partial charge >= 0.3 is 5.97 Å². The minimum atomic E-state index is -3.17. The van der Waals surface area contributed by atoms with Gasteiger partial charge in [-0.05, 0) is 37.5 Å². The van der Waals surface area contributed by atoms with Crippen LogP contribution in [0, 0.1) is 0 Å². The summed E-state index contributed by atoms with van der Waals surface area (Å²) in [5, 5.41) is 0. The lowest BCUT2D eigenvalue weighted by Gasteiger charge is -2.34. The van der Waals surface area contributed by atoms with E-state index in [4.69, 9.17) is 4.74 Å². The average molecular weight is 511 g/mol. The van der Waals surface area contributed by atoms with Crippen molar-refractivity contribution in [2.45, 2.75) is 37.2 Å². The monoisotopic (exact) mass is 510 g/mol. The summed E-state index contributed by atoms with van der Waals surface area (Å²) < 4.78 is 31.6. The first-order chi connectivity index (χ1) is 17.3. The fraction of sp³-hybridized carbons (Fsp3) is 0.500. The lowest BCUT2D eigenvalue weighted by atomic mass is 9.91. The Hall–Kier alpha value is -2.98. The predicted molar refractivity (Wildman–Crippen MR) is 133 cm³/mol. The summed E-state index contributed by atoms with van der Waals surface area (Å²) in [7, 11) is -3.17. The van der Waals surface area contributed by atoms with Crippen LogP contribution in [0.15, 0.2) is 42.6 Å². The van der Waals surface area contributed by atoms with Gasteiger partial charge in [-0.2, -0.15) is 4.31 Å². The van der Waals surface area contributed by atoms with Crippen molar-refractivity contribution in [3.63, 3.8) is 0 Å². The maximum absolute atomic E-state index is 13.7. The smallest absolute Gasteiger partial charge is 0.339 e. The molecule has 6 rings (SSSR count). The molecule has 9 nitrogen and oxygen atoms in total. The van der Waals surface area contributed by atoms with Gasteiger partial charge in [0.05, 0.1) is 23.3 Å². The number of sulfonamides is 1. The van der Waals surface area contributed by atoms with Gasteiger partial charge in [0.1, 0.15) is 5.82 Å². The molecule has 1 spiro atoms. The summed E-state index contributed by atoms with van der Waals surface area (Å²) in [6.07, 6.45) is 3.96. The fourth-order valence-electron chi connectivity index (χ4n) is 5.89. The van der Waals surface area contributed by atoms with Crippen LogP contribution in [0.2, 0.25) is 0 Å². The van der Waals surface area contributed by atoms with Gasteiger partial charge in [-0.25, -0.2) is 18.2 Å². The molecule has 1 aliphatic carbocycles. The number of esters is 1. The van der Waals surface area contributed by atoms with Gasteiger partial charge in [0.25, 0.3) is 0 Å². The molecule has 36 heavy (non-hydrogen) atoms. The quantitative estimate of drug-likeness (QED) is 0.567. The molecule has 10 heteroatoms. The summed E-state index contributed by atoms with van der Waals surface area (Å²) in [4.78, 5) is 34.7. The molecule has 1 aromatic carbocycles. The van der Waals surface area contributed by atoms with Gasteiger partial charge in [0.2, 0.25) is 15.9 Å².